The molecule has 8 heteroatoms. The Labute approximate surface area is 182 Å². The molecule has 0 saturated heterocycles. The lowest BCUT2D eigenvalue weighted by molar-refractivity contribution is -0.145. The highest BCUT2D eigenvalue weighted by Gasteiger charge is 2.22. The minimum Gasteiger partial charge on any atom is -0.469 e. The van der Waals surface area contributed by atoms with Gasteiger partial charge < -0.3 is 14.6 Å². The molecule has 1 N–H and O–H groups in total. The number of rotatable bonds is 9. The van der Waals surface area contributed by atoms with Crippen LogP contribution in [0, 0.1) is 36.9 Å². The first-order chi connectivity index (χ1) is 14.7. The summed E-state index contributed by atoms with van der Waals surface area (Å²) in [4.78, 5) is 26.3. The molecular weight excluding hydrogens is 399 g/mol. The number of anilines is 1. The Balaban J connectivity index is 2.23. The van der Waals surface area contributed by atoms with Crippen LogP contribution in [0.5, 0.6) is 0 Å². The number of likely N-dealkylation sites (N-methyl/N-ethyl adjacent to an activating group) is 1. The molecule has 1 aromatic carbocycles. The Hall–Kier alpha value is -3.18. The second-order valence-corrected chi connectivity index (χ2v) is 7.56. The van der Waals surface area contributed by atoms with Crippen LogP contribution >= 0.6 is 0 Å². The van der Waals surface area contributed by atoms with Gasteiger partial charge in [0.25, 0.3) is 0 Å². The van der Waals surface area contributed by atoms with E-state index < -0.39 is 0 Å². The molecule has 0 saturated carbocycles. The Morgan fingerprint density at radius 2 is 1.94 bits per heavy atom. The third-order valence-electron chi connectivity index (χ3n) is 5.40. The first-order valence-corrected chi connectivity index (χ1v) is 10.2. The molecule has 2 aromatic rings. The van der Waals surface area contributed by atoms with Crippen LogP contribution in [0.3, 0.4) is 0 Å². The highest BCUT2D eigenvalue weighted by molar-refractivity contribution is 5.93. The summed E-state index contributed by atoms with van der Waals surface area (Å²) in [5.41, 5.74) is 2.88. The zero-order valence-electron chi connectivity index (χ0n) is 18.7. The molecule has 166 valence electrons. The molecule has 1 unspecified atom stereocenters. The average molecular weight is 429 g/mol. The SMILES string of the molecule is CCN(CC(=O)Nc1c(C#N)c(C)c(C)n1Cc1ccc(F)cc1)CC(C)C(=O)OC. The van der Waals surface area contributed by atoms with Crippen LogP contribution in [0.1, 0.15) is 36.2 Å². The van der Waals surface area contributed by atoms with Crippen molar-refractivity contribution in [2.75, 3.05) is 32.1 Å². The molecule has 1 aromatic heterocycles. The summed E-state index contributed by atoms with van der Waals surface area (Å²) in [6.45, 7) is 8.80. The zero-order chi connectivity index (χ0) is 23.1. The minimum absolute atomic E-state index is 0.0720. The number of nitrogens with one attached hydrogen (secondary N) is 1. The number of nitriles is 1. The normalized spacial score (nSPS) is 11.8. The lowest BCUT2D eigenvalue weighted by Crippen LogP contribution is -2.38. The number of halogens is 1. The number of methoxy groups -OCH3 is 1. The second-order valence-electron chi connectivity index (χ2n) is 7.56. The van der Waals surface area contributed by atoms with Gasteiger partial charge in [0.1, 0.15) is 17.7 Å². The lowest BCUT2D eigenvalue weighted by atomic mass is 10.1. The van der Waals surface area contributed by atoms with Gasteiger partial charge in [-0.1, -0.05) is 26.0 Å². The Morgan fingerprint density at radius 3 is 2.48 bits per heavy atom. The molecule has 0 spiro atoms. The third-order valence-corrected chi connectivity index (χ3v) is 5.40. The molecule has 1 heterocycles. The number of hydrogen-bond acceptors (Lipinski definition) is 5. The van der Waals surface area contributed by atoms with Crippen LogP contribution in [-0.4, -0.2) is 48.1 Å². The van der Waals surface area contributed by atoms with Gasteiger partial charge in [0.15, 0.2) is 0 Å². The molecule has 0 fully saturated rings. The Morgan fingerprint density at radius 1 is 1.29 bits per heavy atom. The fraction of sp³-hybridized carbons (Fsp3) is 0.435. The fourth-order valence-electron chi connectivity index (χ4n) is 3.44. The number of hydrogen-bond donors (Lipinski definition) is 1. The van der Waals surface area contributed by atoms with Crippen molar-refractivity contribution in [2.45, 2.75) is 34.2 Å². The highest BCUT2D eigenvalue weighted by atomic mass is 19.1. The summed E-state index contributed by atoms with van der Waals surface area (Å²) in [5.74, 6) is -0.877. The van der Waals surface area contributed by atoms with Gasteiger partial charge in [-0.25, -0.2) is 4.39 Å². The molecule has 0 radical (unpaired) electrons. The third kappa shape index (κ3) is 5.92. The maximum atomic E-state index is 13.3. The first-order valence-electron chi connectivity index (χ1n) is 10.2. The van der Waals surface area contributed by atoms with E-state index in [0.717, 1.165) is 16.8 Å². The maximum Gasteiger partial charge on any atom is 0.309 e. The molecule has 1 atom stereocenters. The summed E-state index contributed by atoms with van der Waals surface area (Å²) in [6.07, 6.45) is 0. The van der Waals surface area contributed by atoms with Crippen molar-refractivity contribution in [2.24, 2.45) is 5.92 Å². The fourth-order valence-corrected chi connectivity index (χ4v) is 3.44. The van der Waals surface area contributed by atoms with E-state index in [2.05, 4.69) is 11.4 Å². The monoisotopic (exact) mass is 428 g/mol. The number of nitrogens with zero attached hydrogens (tertiary/aromatic N) is 3. The lowest BCUT2D eigenvalue weighted by Gasteiger charge is -2.23. The van der Waals surface area contributed by atoms with Gasteiger partial charge in [-0.2, -0.15) is 5.26 Å². The summed E-state index contributed by atoms with van der Waals surface area (Å²) in [6, 6.07) is 8.29. The van der Waals surface area contributed by atoms with Gasteiger partial charge >= 0.3 is 5.97 Å². The molecule has 7 nitrogen and oxygen atoms in total. The minimum atomic E-state index is -0.362. The number of carbonyl (C=O) groups is 2. The molecule has 2 rings (SSSR count). The van der Waals surface area contributed by atoms with Gasteiger partial charge in [-0.05, 0) is 43.7 Å². The van der Waals surface area contributed by atoms with Crippen molar-refractivity contribution in [3.05, 3.63) is 52.5 Å². The largest absolute Gasteiger partial charge is 0.469 e. The molecular formula is C23H29FN4O3. The van der Waals surface area contributed by atoms with Crippen LogP contribution in [0.25, 0.3) is 0 Å². The van der Waals surface area contributed by atoms with E-state index >= 15 is 0 Å². The highest BCUT2D eigenvalue weighted by Crippen LogP contribution is 2.27. The molecule has 0 aliphatic rings. The van der Waals surface area contributed by atoms with Gasteiger partial charge in [0.05, 0.1) is 25.1 Å². The van der Waals surface area contributed by atoms with E-state index in [1.54, 1.807) is 19.1 Å². The number of aromatic nitrogens is 1. The van der Waals surface area contributed by atoms with Crippen LogP contribution in [0.2, 0.25) is 0 Å². The van der Waals surface area contributed by atoms with E-state index in [-0.39, 0.29) is 30.2 Å². The number of esters is 1. The molecule has 0 aliphatic carbocycles. The van der Waals surface area contributed by atoms with E-state index in [0.29, 0.717) is 31.0 Å². The molecule has 0 aliphatic heterocycles. The van der Waals surface area contributed by atoms with Crippen LogP contribution in [0.4, 0.5) is 10.2 Å². The number of ether oxygens (including phenoxy) is 1. The number of benzene rings is 1. The van der Waals surface area contributed by atoms with E-state index in [9.17, 15) is 19.2 Å². The molecule has 31 heavy (non-hydrogen) atoms. The van der Waals surface area contributed by atoms with Crippen LogP contribution in [0.15, 0.2) is 24.3 Å². The van der Waals surface area contributed by atoms with E-state index in [4.69, 9.17) is 4.74 Å². The van der Waals surface area contributed by atoms with Gasteiger partial charge in [0, 0.05) is 18.8 Å². The van der Waals surface area contributed by atoms with Crippen LogP contribution < -0.4 is 5.32 Å². The molecule has 1 amide bonds. The summed E-state index contributed by atoms with van der Waals surface area (Å²) >= 11 is 0. The smallest absolute Gasteiger partial charge is 0.309 e. The van der Waals surface area contributed by atoms with E-state index in [1.165, 1.54) is 19.2 Å². The predicted molar refractivity (Wildman–Crippen MR) is 116 cm³/mol. The molecule has 0 bridgehead atoms. The average Bonchev–Trinajstić information content (AvgIpc) is 2.97. The van der Waals surface area contributed by atoms with Crippen molar-refractivity contribution in [1.29, 1.82) is 5.26 Å². The summed E-state index contributed by atoms with van der Waals surface area (Å²) in [5, 5.41) is 12.5. The predicted octanol–water partition coefficient (Wildman–Crippen LogP) is 3.23. The van der Waals surface area contributed by atoms with Crippen molar-refractivity contribution in [3.63, 3.8) is 0 Å². The number of carbonyl (C=O) groups excluding carboxylic acids is 2. The summed E-state index contributed by atoms with van der Waals surface area (Å²) < 4.78 is 19.9. The second kappa shape index (κ2) is 10.7. The van der Waals surface area contributed by atoms with Gasteiger partial charge in [-0.15, -0.1) is 0 Å². The van der Waals surface area contributed by atoms with Gasteiger partial charge in [0.2, 0.25) is 5.91 Å². The standard InChI is InChI=1S/C23H29FN4O3/c1-6-27(12-15(2)23(30)31-5)14-21(29)26-22-20(11-25)16(3)17(4)28(22)13-18-7-9-19(24)10-8-18/h7-10,15H,6,12-14H2,1-5H3,(H,26,29). The maximum absolute atomic E-state index is 13.3. The Bertz CT molecular complexity index is 976. The van der Waals surface area contributed by atoms with Gasteiger partial charge in [-0.3, -0.25) is 14.5 Å². The van der Waals surface area contributed by atoms with Crippen molar-refractivity contribution < 1.29 is 18.7 Å². The number of amides is 1. The van der Waals surface area contributed by atoms with E-state index in [1.807, 2.05) is 30.2 Å². The van der Waals surface area contributed by atoms with Crippen molar-refractivity contribution in [3.8, 4) is 6.07 Å². The summed E-state index contributed by atoms with van der Waals surface area (Å²) in [7, 11) is 1.34. The van der Waals surface area contributed by atoms with Crippen molar-refractivity contribution >= 4 is 17.7 Å². The van der Waals surface area contributed by atoms with Crippen LogP contribution in [-0.2, 0) is 20.9 Å². The quantitative estimate of drug-likeness (QED) is 0.620. The zero-order valence-corrected chi connectivity index (χ0v) is 18.7. The topological polar surface area (TPSA) is 87.4 Å². The van der Waals surface area contributed by atoms with Crippen molar-refractivity contribution in [1.82, 2.24) is 9.47 Å². The Kier molecular flexibility index (Phi) is 8.34. The first kappa shape index (κ1) is 24.1.